The van der Waals surface area contributed by atoms with E-state index in [1.807, 2.05) is 0 Å². The highest BCUT2D eigenvalue weighted by molar-refractivity contribution is 5.84. The Kier molecular flexibility index (Phi) is 4.54. The van der Waals surface area contributed by atoms with Gasteiger partial charge in [0.15, 0.2) is 0 Å². The molecule has 1 aromatic rings. The maximum Gasteiger partial charge on any atom is 0.305 e. The molecule has 0 spiro atoms. The van der Waals surface area contributed by atoms with E-state index in [1.54, 1.807) is 0 Å². The maximum atomic E-state index is 13.8. The van der Waals surface area contributed by atoms with Gasteiger partial charge in [-0.05, 0) is 48.9 Å². The zero-order chi connectivity index (χ0) is 17.3. The molecule has 2 N–H and O–H groups in total. The van der Waals surface area contributed by atoms with Crippen molar-refractivity contribution < 1.29 is 28.2 Å². The molecule has 2 fully saturated rings. The lowest BCUT2D eigenvalue weighted by Crippen LogP contribution is -2.53. The Morgan fingerprint density at radius 1 is 1.29 bits per heavy atom. The van der Waals surface area contributed by atoms with Crippen LogP contribution < -0.4 is 5.32 Å². The van der Waals surface area contributed by atoms with E-state index in [0.717, 1.165) is 18.2 Å². The van der Waals surface area contributed by atoms with Crippen molar-refractivity contribution in [3.63, 3.8) is 0 Å². The first kappa shape index (κ1) is 16.8. The molecule has 130 valence electrons. The van der Waals surface area contributed by atoms with E-state index in [2.05, 4.69) is 5.32 Å². The topological polar surface area (TPSA) is 75.6 Å². The fourth-order valence-corrected chi connectivity index (χ4v) is 3.38. The van der Waals surface area contributed by atoms with Crippen LogP contribution >= 0.6 is 0 Å². The van der Waals surface area contributed by atoms with Crippen LogP contribution in [0.15, 0.2) is 18.2 Å². The van der Waals surface area contributed by atoms with Crippen LogP contribution in [0.2, 0.25) is 0 Å². The smallest absolute Gasteiger partial charge is 0.305 e. The van der Waals surface area contributed by atoms with Crippen LogP contribution in [0, 0.1) is 17.6 Å². The van der Waals surface area contributed by atoms with E-state index >= 15 is 0 Å². The first-order valence-electron chi connectivity index (χ1n) is 7.97. The Morgan fingerprint density at radius 3 is 2.67 bits per heavy atom. The largest absolute Gasteiger partial charge is 0.481 e. The Hall–Kier alpha value is -2.02. The lowest BCUT2D eigenvalue weighted by Gasteiger charge is -2.37. The standard InChI is InChI=1S/C17H19F2NO4/c18-10-1-2-14(19)12(7-10)11-8-13(11)16(23)20-17(9-15(21)22)3-5-24-6-4-17/h1-2,7,11,13H,3-6,8-9H2,(H,20,23)(H,21,22). The number of carbonyl (C=O) groups excluding carboxylic acids is 1. The molecule has 0 bridgehead atoms. The predicted octanol–water partition coefficient (Wildman–Crippen LogP) is 2.21. The third kappa shape index (κ3) is 3.56. The van der Waals surface area contributed by atoms with Crippen LogP contribution in [0.1, 0.15) is 37.2 Å². The molecule has 1 amide bonds. The molecule has 2 atom stereocenters. The summed E-state index contributed by atoms with van der Waals surface area (Å²) in [6, 6.07) is 3.22. The summed E-state index contributed by atoms with van der Waals surface area (Å²) in [5.41, 5.74) is -0.621. The number of hydrogen-bond donors (Lipinski definition) is 2. The van der Waals surface area contributed by atoms with Crippen molar-refractivity contribution in [1.82, 2.24) is 5.32 Å². The molecule has 1 saturated heterocycles. The monoisotopic (exact) mass is 339 g/mol. The van der Waals surface area contributed by atoms with E-state index in [9.17, 15) is 18.4 Å². The fourth-order valence-electron chi connectivity index (χ4n) is 3.38. The quantitative estimate of drug-likeness (QED) is 0.862. The summed E-state index contributed by atoms with van der Waals surface area (Å²) in [6.45, 7) is 0.778. The number of nitrogens with one attached hydrogen (secondary N) is 1. The number of carbonyl (C=O) groups is 2. The summed E-state index contributed by atoms with van der Waals surface area (Å²) in [7, 11) is 0. The number of rotatable bonds is 5. The molecule has 2 unspecified atom stereocenters. The molecule has 1 aliphatic heterocycles. The van der Waals surface area contributed by atoms with Gasteiger partial charge in [-0.2, -0.15) is 0 Å². The van der Waals surface area contributed by atoms with Gasteiger partial charge >= 0.3 is 5.97 Å². The molecule has 2 aliphatic rings. The first-order chi connectivity index (χ1) is 11.4. The first-order valence-corrected chi connectivity index (χ1v) is 7.97. The Bertz CT molecular complexity index is 658. The molecule has 1 saturated carbocycles. The highest BCUT2D eigenvalue weighted by atomic mass is 19.1. The second kappa shape index (κ2) is 6.47. The third-order valence-corrected chi connectivity index (χ3v) is 4.81. The van der Waals surface area contributed by atoms with Crippen molar-refractivity contribution in [2.24, 2.45) is 5.92 Å². The molecule has 24 heavy (non-hydrogen) atoms. The molecule has 7 heteroatoms. The number of hydrogen-bond acceptors (Lipinski definition) is 3. The van der Waals surface area contributed by atoms with Gasteiger partial charge in [0.05, 0.1) is 12.0 Å². The molecule has 5 nitrogen and oxygen atoms in total. The van der Waals surface area contributed by atoms with Gasteiger partial charge in [-0.25, -0.2) is 8.78 Å². The Balaban J connectivity index is 1.68. The molecule has 0 radical (unpaired) electrons. The summed E-state index contributed by atoms with van der Waals surface area (Å²) in [5.74, 6) is -3.16. The van der Waals surface area contributed by atoms with Crippen molar-refractivity contribution in [1.29, 1.82) is 0 Å². The van der Waals surface area contributed by atoms with Crippen LogP contribution in [0.25, 0.3) is 0 Å². The summed E-state index contributed by atoms with van der Waals surface area (Å²) in [5, 5.41) is 12.0. The third-order valence-electron chi connectivity index (χ3n) is 4.81. The predicted molar refractivity (Wildman–Crippen MR) is 80.4 cm³/mol. The summed E-state index contributed by atoms with van der Waals surface area (Å²) >= 11 is 0. The minimum absolute atomic E-state index is 0.173. The van der Waals surface area contributed by atoms with Crippen molar-refractivity contribution in [2.75, 3.05) is 13.2 Å². The Morgan fingerprint density at radius 2 is 2.00 bits per heavy atom. The van der Waals surface area contributed by atoms with Crippen LogP contribution in [0.5, 0.6) is 0 Å². The average molecular weight is 339 g/mol. The minimum atomic E-state index is -0.985. The molecule has 1 aromatic carbocycles. The van der Waals surface area contributed by atoms with Gasteiger partial charge in [-0.1, -0.05) is 0 Å². The number of ether oxygens (including phenoxy) is 1. The molecule has 3 rings (SSSR count). The number of amides is 1. The second-order valence-electron chi connectivity index (χ2n) is 6.57. The van der Waals surface area contributed by atoms with E-state index in [1.165, 1.54) is 0 Å². The maximum absolute atomic E-state index is 13.8. The minimum Gasteiger partial charge on any atom is -0.481 e. The lowest BCUT2D eigenvalue weighted by atomic mass is 9.86. The number of carboxylic acids is 1. The lowest BCUT2D eigenvalue weighted by molar-refractivity contribution is -0.140. The van der Waals surface area contributed by atoms with Crippen LogP contribution in [0.4, 0.5) is 8.78 Å². The summed E-state index contributed by atoms with van der Waals surface area (Å²) < 4.78 is 32.4. The van der Waals surface area contributed by atoms with Gasteiger partial charge in [-0.3, -0.25) is 9.59 Å². The number of aliphatic carboxylic acids is 1. The zero-order valence-corrected chi connectivity index (χ0v) is 13.1. The van der Waals surface area contributed by atoms with Crippen LogP contribution in [-0.2, 0) is 14.3 Å². The molecule has 1 aliphatic carbocycles. The van der Waals surface area contributed by atoms with Crippen LogP contribution in [-0.4, -0.2) is 35.7 Å². The van der Waals surface area contributed by atoms with Crippen molar-refractivity contribution >= 4 is 11.9 Å². The Labute approximate surface area is 138 Å². The van der Waals surface area contributed by atoms with Crippen LogP contribution in [0.3, 0.4) is 0 Å². The van der Waals surface area contributed by atoms with Gasteiger partial charge in [0, 0.05) is 19.1 Å². The van der Waals surface area contributed by atoms with E-state index in [-0.39, 0.29) is 23.8 Å². The molecule has 1 heterocycles. The van der Waals surface area contributed by atoms with Gasteiger partial charge in [0.1, 0.15) is 11.6 Å². The van der Waals surface area contributed by atoms with Gasteiger partial charge < -0.3 is 15.2 Å². The van der Waals surface area contributed by atoms with E-state index in [4.69, 9.17) is 9.84 Å². The molecular formula is C17H19F2NO4. The SMILES string of the molecule is O=C(O)CC1(NC(=O)C2CC2c2cc(F)ccc2F)CCOCC1. The number of benzene rings is 1. The molecular weight excluding hydrogens is 320 g/mol. The van der Waals surface area contributed by atoms with Gasteiger partial charge in [-0.15, -0.1) is 0 Å². The number of carboxylic acid groups (broad SMARTS) is 1. The van der Waals surface area contributed by atoms with E-state index in [0.29, 0.717) is 32.5 Å². The second-order valence-corrected chi connectivity index (χ2v) is 6.57. The number of halogens is 2. The summed E-state index contributed by atoms with van der Waals surface area (Å²) in [4.78, 5) is 23.6. The highest BCUT2D eigenvalue weighted by Gasteiger charge is 2.48. The van der Waals surface area contributed by atoms with Crippen molar-refractivity contribution in [2.45, 2.75) is 37.1 Å². The van der Waals surface area contributed by atoms with E-state index < -0.39 is 29.1 Å². The molecule has 0 aromatic heterocycles. The van der Waals surface area contributed by atoms with Crippen molar-refractivity contribution in [3.05, 3.63) is 35.4 Å². The van der Waals surface area contributed by atoms with Gasteiger partial charge in [0.2, 0.25) is 5.91 Å². The van der Waals surface area contributed by atoms with Gasteiger partial charge in [0.25, 0.3) is 0 Å². The average Bonchev–Trinajstić information content (AvgIpc) is 3.30. The normalized spacial score (nSPS) is 25.1. The fraction of sp³-hybridized carbons (Fsp3) is 0.529. The van der Waals surface area contributed by atoms with Crippen molar-refractivity contribution in [3.8, 4) is 0 Å². The zero-order valence-electron chi connectivity index (χ0n) is 13.1. The highest BCUT2D eigenvalue weighted by Crippen LogP contribution is 2.49. The summed E-state index contributed by atoms with van der Waals surface area (Å²) in [6.07, 6.45) is 1.12.